The van der Waals surface area contributed by atoms with Gasteiger partial charge in [-0.15, -0.1) is 0 Å². The maximum absolute atomic E-state index is 10.8. The molecule has 0 heterocycles. The lowest BCUT2D eigenvalue weighted by atomic mass is 10.3. The predicted molar refractivity (Wildman–Crippen MR) is 52.7 cm³/mol. The third-order valence-electron chi connectivity index (χ3n) is 1.52. The molecular weight excluding hydrogens is 206 g/mol. The molecule has 0 bridgehead atoms. The van der Waals surface area contributed by atoms with Crippen LogP contribution in [0.4, 0.5) is 0 Å². The minimum Gasteiger partial charge on any atom is -0.495 e. The molecule has 76 valence electrons. The van der Waals surface area contributed by atoms with E-state index in [9.17, 15) is 4.79 Å². The fraction of sp³-hybridized carbons (Fsp3) is 0.222. The normalized spacial score (nSPS) is 9.64. The number of carbonyl (C=O) groups is 1. The first-order chi connectivity index (χ1) is 6.67. The smallest absolute Gasteiger partial charge is 0.325 e. The number of methoxy groups -OCH3 is 1. The first-order valence-electron chi connectivity index (χ1n) is 3.91. The van der Waals surface area contributed by atoms with Gasteiger partial charge in [-0.25, -0.2) is 0 Å². The summed E-state index contributed by atoms with van der Waals surface area (Å²) in [6, 6.07) is 4.69. The van der Waals surface area contributed by atoms with E-state index in [1.54, 1.807) is 12.1 Å². The average molecular weight is 216 g/mol. The van der Waals surface area contributed by atoms with Crippen LogP contribution < -0.4 is 15.2 Å². The van der Waals surface area contributed by atoms with Crippen molar-refractivity contribution in [2.45, 2.75) is 0 Å². The van der Waals surface area contributed by atoms with Crippen molar-refractivity contribution in [3.8, 4) is 11.5 Å². The van der Waals surface area contributed by atoms with E-state index in [0.717, 1.165) is 0 Å². The molecule has 1 aromatic rings. The summed E-state index contributed by atoms with van der Waals surface area (Å²) in [5, 5.41) is 0.384. The second kappa shape index (κ2) is 4.83. The van der Waals surface area contributed by atoms with Gasteiger partial charge in [0, 0.05) is 6.07 Å². The number of benzene rings is 1. The number of nitrogens with two attached hydrogens (primary N) is 1. The molecule has 0 aliphatic rings. The van der Waals surface area contributed by atoms with Crippen LogP contribution >= 0.6 is 11.6 Å². The van der Waals surface area contributed by atoms with E-state index in [1.165, 1.54) is 13.2 Å². The molecule has 1 rings (SSSR count). The lowest BCUT2D eigenvalue weighted by molar-refractivity contribution is -0.132. The summed E-state index contributed by atoms with van der Waals surface area (Å²) < 4.78 is 9.77. The van der Waals surface area contributed by atoms with Crippen LogP contribution in [0, 0.1) is 0 Å². The van der Waals surface area contributed by atoms with Crippen LogP contribution in [0.25, 0.3) is 0 Å². The van der Waals surface area contributed by atoms with Crippen molar-refractivity contribution in [1.82, 2.24) is 0 Å². The van der Waals surface area contributed by atoms with E-state index in [1.807, 2.05) is 0 Å². The standard InChI is InChI=1S/C9H10ClNO3/c1-13-8-3-2-6(4-7(8)10)14-9(12)5-11/h2-4H,5,11H2,1H3. The summed E-state index contributed by atoms with van der Waals surface area (Å²) in [6.45, 7) is -0.163. The van der Waals surface area contributed by atoms with E-state index in [4.69, 9.17) is 26.8 Å². The Labute approximate surface area is 86.6 Å². The van der Waals surface area contributed by atoms with E-state index >= 15 is 0 Å². The highest BCUT2D eigenvalue weighted by molar-refractivity contribution is 6.32. The van der Waals surface area contributed by atoms with E-state index < -0.39 is 5.97 Å². The molecule has 0 amide bonds. The second-order valence-corrected chi connectivity index (χ2v) is 2.88. The maximum Gasteiger partial charge on any atom is 0.325 e. The Balaban J connectivity index is 2.81. The predicted octanol–water partition coefficient (Wildman–Crippen LogP) is 1.21. The van der Waals surface area contributed by atoms with Gasteiger partial charge in [0.1, 0.15) is 11.5 Å². The summed E-state index contributed by atoms with van der Waals surface area (Å²) in [5.74, 6) is 0.372. The molecule has 0 aliphatic heterocycles. The Morgan fingerprint density at radius 3 is 2.79 bits per heavy atom. The zero-order valence-electron chi connectivity index (χ0n) is 7.62. The largest absolute Gasteiger partial charge is 0.495 e. The van der Waals surface area contributed by atoms with Crippen LogP contribution in [0.1, 0.15) is 0 Å². The molecule has 0 radical (unpaired) electrons. The van der Waals surface area contributed by atoms with Gasteiger partial charge in [0.15, 0.2) is 0 Å². The van der Waals surface area contributed by atoms with Gasteiger partial charge in [-0.1, -0.05) is 11.6 Å². The number of esters is 1. The number of hydrogen-bond acceptors (Lipinski definition) is 4. The number of ether oxygens (including phenoxy) is 2. The molecule has 0 atom stereocenters. The molecule has 4 nitrogen and oxygen atoms in total. The van der Waals surface area contributed by atoms with Crippen LogP contribution in [-0.4, -0.2) is 19.6 Å². The summed E-state index contributed by atoms with van der Waals surface area (Å²) in [5.41, 5.74) is 5.08. The van der Waals surface area contributed by atoms with Gasteiger partial charge >= 0.3 is 5.97 Å². The van der Waals surface area contributed by atoms with Crippen LogP contribution in [0.3, 0.4) is 0 Å². The Morgan fingerprint density at radius 2 is 2.29 bits per heavy atom. The van der Waals surface area contributed by atoms with Crippen LogP contribution in [0.5, 0.6) is 11.5 Å². The fourth-order valence-electron chi connectivity index (χ4n) is 0.884. The lowest BCUT2D eigenvalue weighted by Crippen LogP contribution is -2.19. The molecule has 0 saturated carbocycles. The molecule has 0 spiro atoms. The molecule has 0 unspecified atom stereocenters. The lowest BCUT2D eigenvalue weighted by Gasteiger charge is -2.05. The van der Waals surface area contributed by atoms with Gasteiger partial charge in [-0.3, -0.25) is 4.79 Å². The monoisotopic (exact) mass is 215 g/mol. The van der Waals surface area contributed by atoms with E-state index in [2.05, 4.69) is 0 Å². The SMILES string of the molecule is COc1ccc(OC(=O)CN)cc1Cl. The highest BCUT2D eigenvalue weighted by Crippen LogP contribution is 2.28. The first kappa shape index (κ1) is 10.8. The van der Waals surface area contributed by atoms with Gasteiger partial charge in [0.2, 0.25) is 0 Å². The maximum atomic E-state index is 10.8. The topological polar surface area (TPSA) is 61.5 Å². The van der Waals surface area contributed by atoms with Crippen molar-refractivity contribution in [2.75, 3.05) is 13.7 Å². The molecular formula is C9H10ClNO3. The number of rotatable bonds is 3. The van der Waals surface area contributed by atoms with E-state index in [0.29, 0.717) is 16.5 Å². The van der Waals surface area contributed by atoms with Crippen molar-refractivity contribution in [2.24, 2.45) is 5.73 Å². The molecule has 0 saturated heterocycles. The Bertz CT molecular complexity index is 341. The van der Waals surface area contributed by atoms with Crippen molar-refractivity contribution < 1.29 is 14.3 Å². The highest BCUT2D eigenvalue weighted by atomic mass is 35.5. The molecule has 1 aromatic carbocycles. The molecule has 5 heteroatoms. The minimum absolute atomic E-state index is 0.163. The summed E-state index contributed by atoms with van der Waals surface area (Å²) in [4.78, 5) is 10.8. The number of halogens is 1. The molecule has 0 aromatic heterocycles. The zero-order valence-corrected chi connectivity index (χ0v) is 8.38. The van der Waals surface area contributed by atoms with Gasteiger partial charge in [-0.05, 0) is 12.1 Å². The number of carbonyl (C=O) groups excluding carboxylic acids is 1. The molecule has 14 heavy (non-hydrogen) atoms. The van der Waals surface area contributed by atoms with Gasteiger partial charge in [0.25, 0.3) is 0 Å². The third-order valence-corrected chi connectivity index (χ3v) is 1.82. The summed E-state index contributed by atoms with van der Waals surface area (Å²) in [6.07, 6.45) is 0. The Hall–Kier alpha value is -1.26. The van der Waals surface area contributed by atoms with Crippen LogP contribution in [0.2, 0.25) is 5.02 Å². The van der Waals surface area contributed by atoms with Gasteiger partial charge in [0.05, 0.1) is 18.7 Å². The van der Waals surface area contributed by atoms with Crippen LogP contribution in [0.15, 0.2) is 18.2 Å². The average Bonchev–Trinajstić information content (AvgIpc) is 2.18. The highest BCUT2D eigenvalue weighted by Gasteiger charge is 2.05. The number of hydrogen-bond donors (Lipinski definition) is 1. The summed E-state index contributed by atoms with van der Waals surface area (Å²) >= 11 is 5.81. The Kier molecular flexibility index (Phi) is 3.73. The quantitative estimate of drug-likeness (QED) is 0.608. The Morgan fingerprint density at radius 1 is 1.57 bits per heavy atom. The van der Waals surface area contributed by atoms with Crippen molar-refractivity contribution in [3.63, 3.8) is 0 Å². The van der Waals surface area contributed by atoms with Gasteiger partial charge in [-0.2, -0.15) is 0 Å². The van der Waals surface area contributed by atoms with Crippen LogP contribution in [-0.2, 0) is 4.79 Å². The van der Waals surface area contributed by atoms with Crippen molar-refractivity contribution >= 4 is 17.6 Å². The summed E-state index contributed by atoms with van der Waals surface area (Å²) in [7, 11) is 1.51. The molecule has 0 fully saturated rings. The molecule has 2 N–H and O–H groups in total. The third kappa shape index (κ3) is 2.61. The van der Waals surface area contributed by atoms with E-state index in [-0.39, 0.29) is 6.54 Å². The second-order valence-electron chi connectivity index (χ2n) is 2.47. The minimum atomic E-state index is -0.508. The van der Waals surface area contributed by atoms with Crippen molar-refractivity contribution in [3.05, 3.63) is 23.2 Å². The zero-order chi connectivity index (χ0) is 10.6. The first-order valence-corrected chi connectivity index (χ1v) is 4.29. The van der Waals surface area contributed by atoms with Crippen molar-refractivity contribution in [1.29, 1.82) is 0 Å². The fourth-order valence-corrected chi connectivity index (χ4v) is 1.13. The van der Waals surface area contributed by atoms with Gasteiger partial charge < -0.3 is 15.2 Å². The molecule has 0 aliphatic carbocycles.